The maximum Gasteiger partial charge on any atom is 0.242 e. The van der Waals surface area contributed by atoms with Gasteiger partial charge in [-0.2, -0.15) is 0 Å². The molecule has 0 spiro atoms. The average Bonchev–Trinajstić information content (AvgIpc) is 2.74. The fourth-order valence-corrected chi connectivity index (χ4v) is 3.50. The first-order chi connectivity index (χ1) is 13.6. The molecule has 1 aromatic heterocycles. The Balaban J connectivity index is 1.58. The highest BCUT2D eigenvalue weighted by Gasteiger charge is 2.29. The third-order valence-electron chi connectivity index (χ3n) is 4.95. The molecule has 1 unspecified atom stereocenters. The van der Waals surface area contributed by atoms with E-state index in [9.17, 15) is 9.59 Å². The molecule has 0 saturated carbocycles. The Labute approximate surface area is 170 Å². The number of anilines is 2. The second-order valence-corrected chi connectivity index (χ2v) is 7.32. The fourth-order valence-electron chi connectivity index (χ4n) is 3.38. The molecule has 1 saturated heterocycles. The number of hydrogen-bond acceptors (Lipinski definition) is 4. The molecule has 3 rings (SSSR count). The Hall–Kier alpha value is -2.60. The molecule has 1 aromatic carbocycles. The number of hydrogen-bond donors (Lipinski definition) is 1. The van der Waals surface area contributed by atoms with Crippen LogP contribution < -0.4 is 10.2 Å². The van der Waals surface area contributed by atoms with Gasteiger partial charge in [0.15, 0.2) is 0 Å². The number of likely N-dealkylation sites (tertiary alicyclic amines) is 1. The molecule has 0 radical (unpaired) electrons. The largest absolute Gasteiger partial charge is 0.362 e. The van der Waals surface area contributed by atoms with E-state index in [0.29, 0.717) is 30.5 Å². The molecule has 1 aliphatic rings. The van der Waals surface area contributed by atoms with E-state index < -0.39 is 0 Å². The topological polar surface area (TPSA) is 65.5 Å². The molecule has 148 valence electrons. The van der Waals surface area contributed by atoms with E-state index in [4.69, 9.17) is 11.6 Å². The van der Waals surface area contributed by atoms with Crippen molar-refractivity contribution >= 4 is 34.9 Å². The SMILES string of the molecule is CCN(CC(=O)N1CCCC(C(=O)Nc2ccc(Cl)cn2)C1)c1ccccc1. The number of benzene rings is 1. The third-order valence-corrected chi connectivity index (χ3v) is 5.18. The zero-order valence-electron chi connectivity index (χ0n) is 16.0. The number of halogens is 1. The Bertz CT molecular complexity index is 798. The molecule has 7 heteroatoms. The van der Waals surface area contributed by atoms with Crippen LogP contribution in [0.3, 0.4) is 0 Å². The van der Waals surface area contributed by atoms with Gasteiger partial charge >= 0.3 is 0 Å². The summed E-state index contributed by atoms with van der Waals surface area (Å²) in [5.74, 6) is 0.177. The number of piperidine rings is 1. The minimum atomic E-state index is -0.234. The third kappa shape index (κ3) is 5.23. The molecule has 2 amide bonds. The number of para-hydroxylation sites is 1. The first kappa shape index (κ1) is 20.1. The summed E-state index contributed by atoms with van der Waals surface area (Å²) in [4.78, 5) is 33.4. The smallest absolute Gasteiger partial charge is 0.242 e. The lowest BCUT2D eigenvalue weighted by molar-refractivity contribution is -0.133. The average molecular weight is 401 g/mol. The van der Waals surface area contributed by atoms with Gasteiger partial charge in [-0.25, -0.2) is 4.98 Å². The minimum absolute atomic E-state index is 0.0489. The van der Waals surface area contributed by atoms with Gasteiger partial charge in [0.1, 0.15) is 5.82 Å². The van der Waals surface area contributed by atoms with Crippen molar-refractivity contribution in [3.63, 3.8) is 0 Å². The fraction of sp³-hybridized carbons (Fsp3) is 0.381. The van der Waals surface area contributed by atoms with Crippen molar-refractivity contribution in [2.24, 2.45) is 5.92 Å². The first-order valence-electron chi connectivity index (χ1n) is 9.57. The Kier molecular flexibility index (Phi) is 6.87. The summed E-state index contributed by atoms with van der Waals surface area (Å²) in [6.45, 7) is 4.22. The van der Waals surface area contributed by atoms with Gasteiger partial charge < -0.3 is 15.1 Å². The first-order valence-corrected chi connectivity index (χ1v) is 9.94. The summed E-state index contributed by atoms with van der Waals surface area (Å²) in [5, 5.41) is 3.34. The van der Waals surface area contributed by atoms with Crippen LogP contribution in [0.4, 0.5) is 11.5 Å². The second kappa shape index (κ2) is 9.55. The van der Waals surface area contributed by atoms with Gasteiger partial charge in [0.05, 0.1) is 17.5 Å². The summed E-state index contributed by atoms with van der Waals surface area (Å²) < 4.78 is 0. The number of nitrogens with zero attached hydrogens (tertiary/aromatic N) is 3. The highest BCUT2D eigenvalue weighted by atomic mass is 35.5. The van der Waals surface area contributed by atoms with E-state index in [1.807, 2.05) is 42.2 Å². The number of rotatable bonds is 6. The number of carbonyl (C=O) groups is 2. The molecule has 1 aliphatic heterocycles. The molecular weight excluding hydrogens is 376 g/mol. The van der Waals surface area contributed by atoms with E-state index in [0.717, 1.165) is 25.1 Å². The van der Waals surface area contributed by atoms with Crippen LogP contribution in [0.2, 0.25) is 5.02 Å². The predicted octanol–water partition coefficient (Wildman–Crippen LogP) is 3.44. The van der Waals surface area contributed by atoms with Gasteiger partial charge in [-0.3, -0.25) is 9.59 Å². The molecule has 2 heterocycles. The molecule has 1 N–H and O–H groups in total. The van der Waals surface area contributed by atoms with E-state index in [2.05, 4.69) is 10.3 Å². The molecule has 0 aliphatic carbocycles. The Morgan fingerprint density at radius 1 is 1.25 bits per heavy atom. The van der Waals surface area contributed by atoms with E-state index in [1.165, 1.54) is 6.20 Å². The van der Waals surface area contributed by atoms with Crippen molar-refractivity contribution in [3.05, 3.63) is 53.7 Å². The van der Waals surface area contributed by atoms with Crippen LogP contribution in [0.25, 0.3) is 0 Å². The standard InChI is InChI=1S/C21H25ClN4O2/c1-2-25(18-8-4-3-5-9-18)15-20(27)26-12-6-7-16(14-26)21(28)24-19-11-10-17(22)13-23-19/h3-5,8-11,13,16H,2,6-7,12,14-15H2,1H3,(H,23,24,28). The summed E-state index contributed by atoms with van der Waals surface area (Å²) in [7, 11) is 0. The van der Waals surface area contributed by atoms with Gasteiger partial charge in [-0.1, -0.05) is 29.8 Å². The van der Waals surface area contributed by atoms with Gasteiger partial charge in [-0.05, 0) is 44.0 Å². The lowest BCUT2D eigenvalue weighted by atomic mass is 9.97. The van der Waals surface area contributed by atoms with Gasteiger partial charge in [0, 0.05) is 31.5 Å². The lowest BCUT2D eigenvalue weighted by Gasteiger charge is -2.34. The molecule has 6 nitrogen and oxygen atoms in total. The van der Waals surface area contributed by atoms with Gasteiger partial charge in [-0.15, -0.1) is 0 Å². The Morgan fingerprint density at radius 2 is 2.04 bits per heavy atom. The van der Waals surface area contributed by atoms with Crippen LogP contribution in [0, 0.1) is 5.92 Å². The van der Waals surface area contributed by atoms with Crippen molar-refractivity contribution in [3.8, 4) is 0 Å². The van der Waals surface area contributed by atoms with Crippen molar-refractivity contribution in [1.82, 2.24) is 9.88 Å². The van der Waals surface area contributed by atoms with Crippen molar-refractivity contribution in [2.75, 3.05) is 36.4 Å². The lowest BCUT2D eigenvalue weighted by Crippen LogP contribution is -2.47. The van der Waals surface area contributed by atoms with Gasteiger partial charge in [0.25, 0.3) is 0 Å². The van der Waals surface area contributed by atoms with Crippen LogP contribution in [-0.2, 0) is 9.59 Å². The number of amides is 2. The summed E-state index contributed by atoms with van der Waals surface area (Å²) >= 11 is 5.83. The molecule has 0 bridgehead atoms. The van der Waals surface area contributed by atoms with Crippen LogP contribution in [-0.4, -0.2) is 47.9 Å². The highest BCUT2D eigenvalue weighted by Crippen LogP contribution is 2.20. The second-order valence-electron chi connectivity index (χ2n) is 6.88. The van der Waals surface area contributed by atoms with Crippen LogP contribution >= 0.6 is 11.6 Å². The minimum Gasteiger partial charge on any atom is -0.362 e. The maximum absolute atomic E-state index is 12.8. The van der Waals surface area contributed by atoms with E-state index in [1.54, 1.807) is 17.0 Å². The molecule has 1 atom stereocenters. The quantitative estimate of drug-likeness (QED) is 0.806. The number of nitrogens with one attached hydrogen (secondary N) is 1. The number of aromatic nitrogens is 1. The molecule has 28 heavy (non-hydrogen) atoms. The summed E-state index contributed by atoms with van der Waals surface area (Å²) in [6, 6.07) is 13.3. The highest BCUT2D eigenvalue weighted by molar-refractivity contribution is 6.30. The van der Waals surface area contributed by atoms with Crippen LogP contribution in [0.1, 0.15) is 19.8 Å². The molecular formula is C21H25ClN4O2. The van der Waals surface area contributed by atoms with Crippen molar-refractivity contribution in [2.45, 2.75) is 19.8 Å². The van der Waals surface area contributed by atoms with Gasteiger partial charge in [0.2, 0.25) is 11.8 Å². The summed E-state index contributed by atoms with van der Waals surface area (Å²) in [5.41, 5.74) is 1.03. The molecule has 1 fully saturated rings. The Morgan fingerprint density at radius 3 is 2.71 bits per heavy atom. The monoisotopic (exact) mass is 400 g/mol. The predicted molar refractivity (Wildman–Crippen MR) is 112 cm³/mol. The van der Waals surface area contributed by atoms with E-state index in [-0.39, 0.29) is 17.7 Å². The van der Waals surface area contributed by atoms with Crippen molar-refractivity contribution < 1.29 is 9.59 Å². The van der Waals surface area contributed by atoms with Crippen LogP contribution in [0.15, 0.2) is 48.7 Å². The number of likely N-dealkylation sites (N-methyl/N-ethyl adjacent to an activating group) is 1. The number of carbonyl (C=O) groups excluding carboxylic acids is 2. The van der Waals surface area contributed by atoms with Crippen LogP contribution in [0.5, 0.6) is 0 Å². The van der Waals surface area contributed by atoms with Crippen molar-refractivity contribution in [1.29, 1.82) is 0 Å². The zero-order valence-corrected chi connectivity index (χ0v) is 16.7. The zero-order chi connectivity index (χ0) is 19.9. The normalized spacial score (nSPS) is 16.5. The number of pyridine rings is 1. The maximum atomic E-state index is 12.8. The summed E-state index contributed by atoms with van der Waals surface area (Å²) in [6.07, 6.45) is 3.07. The molecule has 2 aromatic rings. The van der Waals surface area contributed by atoms with E-state index >= 15 is 0 Å².